The molecule has 0 radical (unpaired) electrons. The molecular formula is C13H18BrN3O2S. The largest absolute Gasteiger partial charge is 0.363 e. The summed E-state index contributed by atoms with van der Waals surface area (Å²) in [5.74, 6) is 0.359. The SMILES string of the molecule is CSC1(CNc2ncc(Br)cc2[N+](=O)[O-])CCCCC1. The second-order valence-corrected chi connectivity index (χ2v) is 7.27. The maximum atomic E-state index is 11.1. The third-order valence-electron chi connectivity index (χ3n) is 3.81. The van der Waals surface area contributed by atoms with Gasteiger partial charge in [-0.1, -0.05) is 19.3 Å². The van der Waals surface area contributed by atoms with E-state index in [4.69, 9.17) is 0 Å². The summed E-state index contributed by atoms with van der Waals surface area (Å²) < 4.78 is 0.799. The molecule has 0 aromatic carbocycles. The molecule has 1 aliphatic carbocycles. The number of thioether (sulfide) groups is 1. The molecule has 0 amide bonds. The van der Waals surface area contributed by atoms with Gasteiger partial charge in [-0.25, -0.2) is 4.98 Å². The van der Waals surface area contributed by atoms with Gasteiger partial charge in [0.1, 0.15) is 0 Å². The molecule has 1 aromatic rings. The van der Waals surface area contributed by atoms with Crippen molar-refractivity contribution >= 4 is 39.2 Å². The molecule has 1 heterocycles. The van der Waals surface area contributed by atoms with E-state index in [9.17, 15) is 10.1 Å². The number of nitrogens with one attached hydrogen (secondary N) is 1. The quantitative estimate of drug-likeness (QED) is 0.629. The topological polar surface area (TPSA) is 68.1 Å². The lowest BCUT2D eigenvalue weighted by Gasteiger charge is -2.35. The van der Waals surface area contributed by atoms with Gasteiger partial charge in [-0.2, -0.15) is 11.8 Å². The smallest absolute Gasteiger partial charge is 0.312 e. The lowest BCUT2D eigenvalue weighted by molar-refractivity contribution is -0.384. The molecule has 20 heavy (non-hydrogen) atoms. The Hall–Kier alpha value is -0.820. The Labute approximate surface area is 131 Å². The average molecular weight is 360 g/mol. The van der Waals surface area contributed by atoms with Gasteiger partial charge < -0.3 is 5.32 Å². The van der Waals surface area contributed by atoms with Crippen molar-refractivity contribution in [1.82, 2.24) is 4.98 Å². The Bertz CT molecular complexity index is 493. The fraction of sp³-hybridized carbons (Fsp3) is 0.615. The summed E-state index contributed by atoms with van der Waals surface area (Å²) in [5.41, 5.74) is 0.0198. The van der Waals surface area contributed by atoms with E-state index in [0.29, 0.717) is 10.3 Å². The van der Waals surface area contributed by atoms with Crippen LogP contribution in [0.4, 0.5) is 11.5 Å². The predicted molar refractivity (Wildman–Crippen MR) is 86.4 cm³/mol. The highest BCUT2D eigenvalue weighted by atomic mass is 79.9. The number of halogens is 1. The number of nitro groups is 1. The van der Waals surface area contributed by atoms with Gasteiger partial charge in [0.25, 0.3) is 0 Å². The number of nitrogens with zero attached hydrogens (tertiary/aromatic N) is 2. The second kappa shape index (κ2) is 6.76. The maximum Gasteiger partial charge on any atom is 0.312 e. The molecule has 0 bridgehead atoms. The van der Waals surface area contributed by atoms with Crippen LogP contribution >= 0.6 is 27.7 Å². The minimum Gasteiger partial charge on any atom is -0.363 e. The Kier molecular flexibility index (Phi) is 5.26. The molecule has 1 saturated carbocycles. The van der Waals surface area contributed by atoms with Crippen LogP contribution in [0.3, 0.4) is 0 Å². The van der Waals surface area contributed by atoms with Crippen LogP contribution in [0.25, 0.3) is 0 Å². The Balaban J connectivity index is 2.11. The molecule has 5 nitrogen and oxygen atoms in total. The summed E-state index contributed by atoms with van der Waals surface area (Å²) in [6.07, 6.45) is 9.78. The van der Waals surface area contributed by atoms with E-state index in [2.05, 4.69) is 32.5 Å². The molecule has 110 valence electrons. The van der Waals surface area contributed by atoms with Crippen LogP contribution < -0.4 is 5.32 Å². The van der Waals surface area contributed by atoms with Gasteiger partial charge >= 0.3 is 5.69 Å². The minimum absolute atomic E-state index is 0.0198. The molecule has 1 fully saturated rings. The summed E-state index contributed by atoms with van der Waals surface area (Å²) in [7, 11) is 0. The number of rotatable bonds is 5. The Morgan fingerprint density at radius 2 is 2.20 bits per heavy atom. The standard InChI is InChI=1S/C13H18BrN3O2S/c1-20-13(5-3-2-4-6-13)9-16-12-11(17(18)19)7-10(14)8-15-12/h7-8H,2-6,9H2,1H3,(H,15,16). The first-order valence-electron chi connectivity index (χ1n) is 6.65. The summed E-state index contributed by atoms with van der Waals surface area (Å²) in [4.78, 5) is 14.8. The lowest BCUT2D eigenvalue weighted by atomic mass is 9.88. The van der Waals surface area contributed by atoms with E-state index < -0.39 is 4.92 Å². The van der Waals surface area contributed by atoms with Gasteiger partial charge in [-0.3, -0.25) is 10.1 Å². The minimum atomic E-state index is -0.396. The van der Waals surface area contributed by atoms with Crippen LogP contribution in [0, 0.1) is 10.1 Å². The molecule has 0 saturated heterocycles. The first kappa shape index (κ1) is 15.6. The molecule has 0 aliphatic heterocycles. The lowest BCUT2D eigenvalue weighted by Crippen LogP contribution is -2.35. The number of pyridine rings is 1. The molecule has 1 aliphatic rings. The van der Waals surface area contributed by atoms with Crippen LogP contribution in [0.2, 0.25) is 0 Å². The van der Waals surface area contributed by atoms with Crippen molar-refractivity contribution in [3.63, 3.8) is 0 Å². The summed E-state index contributed by atoms with van der Waals surface area (Å²) in [5, 5.41) is 14.3. The third-order valence-corrected chi connectivity index (χ3v) is 5.66. The zero-order valence-corrected chi connectivity index (χ0v) is 13.8. The fourth-order valence-corrected chi connectivity index (χ4v) is 3.83. The van der Waals surface area contributed by atoms with Crippen molar-refractivity contribution in [2.24, 2.45) is 0 Å². The molecule has 2 rings (SSSR count). The van der Waals surface area contributed by atoms with Crippen molar-refractivity contribution in [3.8, 4) is 0 Å². The predicted octanol–water partition coefficient (Wildman–Crippen LogP) is 4.23. The van der Waals surface area contributed by atoms with Crippen LogP contribution in [-0.2, 0) is 0 Å². The van der Waals surface area contributed by atoms with E-state index in [1.807, 2.05) is 11.8 Å². The van der Waals surface area contributed by atoms with Gasteiger partial charge in [0.2, 0.25) is 5.82 Å². The zero-order chi connectivity index (χ0) is 14.6. The maximum absolute atomic E-state index is 11.1. The van der Waals surface area contributed by atoms with Gasteiger partial charge in [0.05, 0.1) is 4.92 Å². The van der Waals surface area contributed by atoms with Gasteiger partial charge in [0.15, 0.2) is 0 Å². The molecule has 1 N–H and O–H groups in total. The third kappa shape index (κ3) is 3.63. The van der Waals surface area contributed by atoms with Crippen LogP contribution in [0.1, 0.15) is 32.1 Å². The number of hydrogen-bond acceptors (Lipinski definition) is 5. The van der Waals surface area contributed by atoms with Crippen molar-refractivity contribution in [1.29, 1.82) is 0 Å². The second-order valence-electron chi connectivity index (χ2n) is 5.08. The zero-order valence-electron chi connectivity index (χ0n) is 11.4. The first-order valence-corrected chi connectivity index (χ1v) is 8.67. The molecule has 0 unspecified atom stereocenters. The average Bonchev–Trinajstić information content (AvgIpc) is 2.47. The molecule has 0 spiro atoms. The number of aromatic nitrogens is 1. The van der Waals surface area contributed by atoms with E-state index in [1.165, 1.54) is 25.3 Å². The molecular weight excluding hydrogens is 342 g/mol. The van der Waals surface area contributed by atoms with E-state index in [1.54, 1.807) is 6.20 Å². The fourth-order valence-electron chi connectivity index (χ4n) is 2.60. The van der Waals surface area contributed by atoms with E-state index in [0.717, 1.165) is 19.4 Å². The van der Waals surface area contributed by atoms with Crippen LogP contribution in [-0.4, -0.2) is 27.5 Å². The molecule has 1 aromatic heterocycles. The summed E-state index contributed by atoms with van der Waals surface area (Å²) in [6, 6.07) is 1.49. The van der Waals surface area contributed by atoms with Crippen LogP contribution in [0.15, 0.2) is 16.7 Å². The highest BCUT2D eigenvalue weighted by molar-refractivity contribution is 9.10. The van der Waals surface area contributed by atoms with Crippen LogP contribution in [0.5, 0.6) is 0 Å². The van der Waals surface area contributed by atoms with E-state index in [-0.39, 0.29) is 10.4 Å². The summed E-state index contributed by atoms with van der Waals surface area (Å²) >= 11 is 5.08. The van der Waals surface area contributed by atoms with Gasteiger partial charge in [-0.15, -0.1) is 0 Å². The number of anilines is 1. The normalized spacial score (nSPS) is 17.7. The van der Waals surface area contributed by atoms with Crippen molar-refractivity contribution in [2.75, 3.05) is 18.1 Å². The molecule has 7 heteroatoms. The monoisotopic (exact) mass is 359 g/mol. The highest BCUT2D eigenvalue weighted by Crippen LogP contribution is 2.39. The summed E-state index contributed by atoms with van der Waals surface area (Å²) in [6.45, 7) is 0.726. The first-order chi connectivity index (χ1) is 9.56. The Morgan fingerprint density at radius 3 is 2.80 bits per heavy atom. The van der Waals surface area contributed by atoms with E-state index >= 15 is 0 Å². The highest BCUT2D eigenvalue weighted by Gasteiger charge is 2.31. The van der Waals surface area contributed by atoms with Crippen molar-refractivity contribution in [2.45, 2.75) is 36.9 Å². The number of hydrogen-bond donors (Lipinski definition) is 1. The molecule has 0 atom stereocenters. The van der Waals surface area contributed by atoms with Gasteiger partial charge in [-0.05, 0) is 35.0 Å². The Morgan fingerprint density at radius 1 is 1.50 bits per heavy atom. The van der Waals surface area contributed by atoms with Crippen molar-refractivity contribution < 1.29 is 4.92 Å². The van der Waals surface area contributed by atoms with Crippen molar-refractivity contribution in [3.05, 3.63) is 26.9 Å². The van der Waals surface area contributed by atoms with Gasteiger partial charge in [0, 0.05) is 28.0 Å².